The average Bonchev–Trinajstić information content (AvgIpc) is 2.69. The maximum absolute atomic E-state index is 5.30. The second kappa shape index (κ2) is 6.40. The van der Waals surface area contributed by atoms with E-state index in [2.05, 4.69) is 22.8 Å². The Labute approximate surface area is 95.1 Å². The molecular formula is C10H16ClNOS. The van der Waals surface area contributed by atoms with Crippen molar-refractivity contribution in [3.63, 3.8) is 0 Å². The molecule has 1 aliphatic rings. The Balaban J connectivity index is 0.000000980. The van der Waals surface area contributed by atoms with Gasteiger partial charge in [-0.05, 0) is 24.3 Å². The van der Waals surface area contributed by atoms with Crippen LogP contribution in [0.2, 0.25) is 0 Å². The van der Waals surface area contributed by atoms with E-state index in [4.69, 9.17) is 4.74 Å². The highest BCUT2D eigenvalue weighted by Crippen LogP contribution is 2.11. The lowest BCUT2D eigenvalue weighted by molar-refractivity contribution is 0.0777. The van der Waals surface area contributed by atoms with Crippen molar-refractivity contribution in [2.24, 2.45) is 0 Å². The van der Waals surface area contributed by atoms with Crippen LogP contribution in [0.25, 0.3) is 0 Å². The van der Waals surface area contributed by atoms with Gasteiger partial charge in [-0.2, -0.15) is 0 Å². The fourth-order valence-corrected chi connectivity index (χ4v) is 2.22. The van der Waals surface area contributed by atoms with Crippen molar-refractivity contribution in [3.05, 3.63) is 22.4 Å². The molecule has 0 atom stereocenters. The molecule has 0 amide bonds. The van der Waals surface area contributed by atoms with Gasteiger partial charge in [0.25, 0.3) is 0 Å². The lowest BCUT2D eigenvalue weighted by Gasteiger charge is -2.22. The molecule has 0 bridgehead atoms. The number of ether oxygens (including phenoxy) is 1. The Kier molecular flexibility index (Phi) is 5.48. The smallest absolute Gasteiger partial charge is 0.0480 e. The van der Waals surface area contributed by atoms with Crippen LogP contribution in [-0.4, -0.2) is 19.3 Å². The van der Waals surface area contributed by atoms with Gasteiger partial charge in [0.1, 0.15) is 0 Å². The van der Waals surface area contributed by atoms with Crippen LogP contribution < -0.4 is 5.32 Å². The van der Waals surface area contributed by atoms with Gasteiger partial charge in [0.05, 0.1) is 0 Å². The van der Waals surface area contributed by atoms with Gasteiger partial charge in [-0.1, -0.05) is 6.07 Å². The van der Waals surface area contributed by atoms with E-state index in [9.17, 15) is 0 Å². The summed E-state index contributed by atoms with van der Waals surface area (Å²) in [6.07, 6.45) is 2.32. The molecule has 14 heavy (non-hydrogen) atoms. The summed E-state index contributed by atoms with van der Waals surface area (Å²) in [7, 11) is 0. The van der Waals surface area contributed by atoms with Gasteiger partial charge < -0.3 is 10.1 Å². The molecule has 1 fully saturated rings. The van der Waals surface area contributed by atoms with Crippen LogP contribution in [0.5, 0.6) is 0 Å². The largest absolute Gasteiger partial charge is 0.381 e. The third kappa shape index (κ3) is 3.58. The first-order valence-electron chi connectivity index (χ1n) is 4.78. The number of thiophene rings is 1. The summed E-state index contributed by atoms with van der Waals surface area (Å²) in [6, 6.07) is 4.94. The number of hydrogen-bond acceptors (Lipinski definition) is 3. The van der Waals surface area contributed by atoms with Gasteiger partial charge in [-0.15, -0.1) is 23.7 Å². The maximum atomic E-state index is 5.30. The van der Waals surface area contributed by atoms with Crippen LogP contribution >= 0.6 is 23.7 Å². The van der Waals surface area contributed by atoms with Crippen molar-refractivity contribution >= 4 is 23.7 Å². The SMILES string of the molecule is Cl.c1csc(CNC2CCOCC2)c1. The van der Waals surface area contributed by atoms with E-state index in [0.29, 0.717) is 6.04 Å². The average molecular weight is 234 g/mol. The fraction of sp³-hybridized carbons (Fsp3) is 0.600. The van der Waals surface area contributed by atoms with Crippen LogP contribution in [0.1, 0.15) is 17.7 Å². The lowest BCUT2D eigenvalue weighted by Crippen LogP contribution is -2.34. The van der Waals surface area contributed by atoms with Crippen LogP contribution in [0.3, 0.4) is 0 Å². The number of rotatable bonds is 3. The van der Waals surface area contributed by atoms with Crippen LogP contribution in [-0.2, 0) is 11.3 Å². The highest BCUT2D eigenvalue weighted by atomic mass is 35.5. The Bertz CT molecular complexity index is 234. The summed E-state index contributed by atoms with van der Waals surface area (Å²) >= 11 is 1.82. The van der Waals surface area contributed by atoms with Crippen LogP contribution in [0.4, 0.5) is 0 Å². The molecule has 0 unspecified atom stereocenters. The predicted octanol–water partition coefficient (Wildman–Crippen LogP) is 2.44. The highest BCUT2D eigenvalue weighted by Gasteiger charge is 2.12. The second-order valence-electron chi connectivity index (χ2n) is 3.35. The Hall–Kier alpha value is -0.0900. The first-order valence-corrected chi connectivity index (χ1v) is 5.66. The van der Waals surface area contributed by atoms with Gasteiger partial charge in [0.2, 0.25) is 0 Å². The van der Waals surface area contributed by atoms with Crippen molar-refractivity contribution < 1.29 is 4.74 Å². The van der Waals surface area contributed by atoms with E-state index in [1.54, 1.807) is 0 Å². The summed E-state index contributed by atoms with van der Waals surface area (Å²) in [4.78, 5) is 1.42. The number of halogens is 1. The molecule has 80 valence electrons. The van der Waals surface area contributed by atoms with E-state index >= 15 is 0 Å². The van der Waals surface area contributed by atoms with E-state index in [-0.39, 0.29) is 12.4 Å². The van der Waals surface area contributed by atoms with Crippen molar-refractivity contribution in [1.29, 1.82) is 0 Å². The zero-order valence-corrected chi connectivity index (χ0v) is 9.70. The molecule has 1 aromatic rings. The normalized spacial score (nSPS) is 17.7. The first kappa shape index (κ1) is 12.0. The van der Waals surface area contributed by atoms with Crippen LogP contribution in [0, 0.1) is 0 Å². The first-order chi connectivity index (χ1) is 6.45. The molecule has 0 aliphatic carbocycles. The van der Waals surface area contributed by atoms with Crippen molar-refractivity contribution in [2.75, 3.05) is 13.2 Å². The molecule has 1 aromatic heterocycles. The Morgan fingerprint density at radius 3 is 2.86 bits per heavy atom. The molecule has 1 N–H and O–H groups in total. The molecule has 1 saturated heterocycles. The predicted molar refractivity (Wildman–Crippen MR) is 62.2 cm³/mol. The number of hydrogen-bond donors (Lipinski definition) is 1. The minimum absolute atomic E-state index is 0. The summed E-state index contributed by atoms with van der Waals surface area (Å²) in [5, 5.41) is 5.68. The summed E-state index contributed by atoms with van der Waals surface area (Å²) < 4.78 is 5.30. The van der Waals surface area contributed by atoms with Gasteiger partial charge in [0.15, 0.2) is 0 Å². The monoisotopic (exact) mass is 233 g/mol. The molecule has 0 spiro atoms. The zero-order chi connectivity index (χ0) is 8.93. The lowest BCUT2D eigenvalue weighted by atomic mass is 10.1. The molecule has 1 aliphatic heterocycles. The maximum Gasteiger partial charge on any atom is 0.0480 e. The van der Waals surface area contributed by atoms with Crippen molar-refractivity contribution in [2.45, 2.75) is 25.4 Å². The minimum Gasteiger partial charge on any atom is -0.381 e. The summed E-state index contributed by atoms with van der Waals surface area (Å²) in [6.45, 7) is 2.85. The minimum atomic E-state index is 0. The fourth-order valence-electron chi connectivity index (χ4n) is 1.56. The van der Waals surface area contributed by atoms with E-state index in [1.165, 1.54) is 4.88 Å². The van der Waals surface area contributed by atoms with Gasteiger partial charge in [0, 0.05) is 30.7 Å². The van der Waals surface area contributed by atoms with Crippen molar-refractivity contribution in [1.82, 2.24) is 5.32 Å². The third-order valence-electron chi connectivity index (χ3n) is 2.37. The Morgan fingerprint density at radius 2 is 2.21 bits per heavy atom. The molecular weight excluding hydrogens is 218 g/mol. The molecule has 4 heteroatoms. The second-order valence-corrected chi connectivity index (χ2v) is 4.38. The van der Waals surface area contributed by atoms with E-state index in [0.717, 1.165) is 32.6 Å². The molecule has 0 aromatic carbocycles. The van der Waals surface area contributed by atoms with E-state index in [1.807, 2.05) is 11.3 Å². The van der Waals surface area contributed by atoms with Crippen LogP contribution in [0.15, 0.2) is 17.5 Å². The summed E-state index contributed by atoms with van der Waals surface area (Å²) in [5.74, 6) is 0. The van der Waals surface area contributed by atoms with E-state index < -0.39 is 0 Å². The molecule has 0 radical (unpaired) electrons. The zero-order valence-electron chi connectivity index (χ0n) is 8.07. The number of nitrogens with one attached hydrogen (secondary N) is 1. The van der Waals surface area contributed by atoms with Gasteiger partial charge in [-0.25, -0.2) is 0 Å². The molecule has 2 heterocycles. The topological polar surface area (TPSA) is 21.3 Å². The molecule has 0 saturated carbocycles. The standard InChI is InChI=1S/C10H15NOS.ClH/c1-2-10(13-7-1)8-11-9-3-5-12-6-4-9;/h1-2,7,9,11H,3-6,8H2;1H. The van der Waals surface area contributed by atoms with Gasteiger partial charge in [-0.3, -0.25) is 0 Å². The third-order valence-corrected chi connectivity index (χ3v) is 3.24. The Morgan fingerprint density at radius 1 is 1.43 bits per heavy atom. The highest BCUT2D eigenvalue weighted by molar-refractivity contribution is 7.09. The molecule has 2 rings (SSSR count). The summed E-state index contributed by atoms with van der Waals surface area (Å²) in [5.41, 5.74) is 0. The quantitative estimate of drug-likeness (QED) is 0.866. The van der Waals surface area contributed by atoms with Gasteiger partial charge >= 0.3 is 0 Å². The van der Waals surface area contributed by atoms with Crippen molar-refractivity contribution in [3.8, 4) is 0 Å². The molecule has 2 nitrogen and oxygen atoms in total.